The highest BCUT2D eigenvalue weighted by Gasteiger charge is 2.21. The van der Waals surface area contributed by atoms with Crippen molar-refractivity contribution >= 4 is 29.4 Å². The molecule has 0 fully saturated rings. The van der Waals surface area contributed by atoms with Gasteiger partial charge < -0.3 is 9.47 Å². The molecule has 2 aromatic rings. The van der Waals surface area contributed by atoms with E-state index in [9.17, 15) is 9.59 Å². The van der Waals surface area contributed by atoms with Gasteiger partial charge in [-0.15, -0.1) is 0 Å². The Morgan fingerprint density at radius 3 is 2.17 bits per heavy atom. The lowest BCUT2D eigenvalue weighted by molar-refractivity contribution is 0.0375. The van der Waals surface area contributed by atoms with Crippen LogP contribution in [0.15, 0.2) is 36.4 Å². The summed E-state index contributed by atoms with van der Waals surface area (Å²) in [5.41, 5.74) is 3.24. The topological polar surface area (TPSA) is 52.6 Å². The number of benzene rings is 2. The molecular weight excluding hydrogens is 388 g/mol. The van der Waals surface area contributed by atoms with Crippen LogP contribution in [0.25, 0.3) is 6.08 Å². The lowest BCUT2D eigenvalue weighted by Crippen LogP contribution is -2.16. The molecule has 2 aromatic carbocycles. The molecular formula is C24H27ClO4. The molecule has 0 aliphatic heterocycles. The predicted octanol–water partition coefficient (Wildman–Crippen LogP) is 6.21. The normalized spacial score (nSPS) is 11.3. The predicted molar refractivity (Wildman–Crippen MR) is 117 cm³/mol. The van der Waals surface area contributed by atoms with E-state index in [1.165, 1.54) is 6.08 Å². The fourth-order valence-corrected chi connectivity index (χ4v) is 3.10. The molecule has 4 nitrogen and oxygen atoms in total. The molecule has 2 rings (SSSR count). The van der Waals surface area contributed by atoms with Crippen LogP contribution < -0.4 is 4.74 Å². The molecule has 0 atom stereocenters. The van der Waals surface area contributed by atoms with Gasteiger partial charge >= 0.3 is 5.97 Å². The van der Waals surface area contributed by atoms with Gasteiger partial charge in [0.15, 0.2) is 5.78 Å². The summed E-state index contributed by atoms with van der Waals surface area (Å²) in [6.07, 6.45) is 2.90. The van der Waals surface area contributed by atoms with Crippen LogP contribution in [0.5, 0.6) is 5.75 Å². The molecule has 0 radical (unpaired) electrons. The molecule has 5 heteroatoms. The third-order valence-corrected chi connectivity index (χ3v) is 4.44. The van der Waals surface area contributed by atoms with Gasteiger partial charge in [0.05, 0.1) is 17.8 Å². The minimum atomic E-state index is -0.378. The smallest absolute Gasteiger partial charge is 0.339 e. The second-order valence-electron chi connectivity index (χ2n) is 7.44. The summed E-state index contributed by atoms with van der Waals surface area (Å²) < 4.78 is 11.4. The van der Waals surface area contributed by atoms with Crippen LogP contribution in [0.1, 0.15) is 65.1 Å². The molecule has 0 spiro atoms. The largest absolute Gasteiger partial charge is 0.490 e. The number of carbonyl (C=O) groups excluding carboxylic acids is 2. The average Bonchev–Trinajstić information content (AvgIpc) is 2.62. The van der Waals surface area contributed by atoms with E-state index in [0.29, 0.717) is 27.5 Å². The maximum atomic E-state index is 12.6. The first-order valence-electron chi connectivity index (χ1n) is 9.60. The summed E-state index contributed by atoms with van der Waals surface area (Å²) >= 11 is 5.88. The zero-order valence-electron chi connectivity index (χ0n) is 17.7. The Hall–Kier alpha value is -2.59. The maximum absolute atomic E-state index is 12.6. The Kier molecular flexibility index (Phi) is 7.63. The Morgan fingerprint density at radius 1 is 1.00 bits per heavy atom. The highest BCUT2D eigenvalue weighted by Crippen LogP contribution is 2.32. The van der Waals surface area contributed by atoms with Crippen molar-refractivity contribution in [3.63, 3.8) is 0 Å². The van der Waals surface area contributed by atoms with E-state index in [-0.39, 0.29) is 24.0 Å². The second kappa shape index (κ2) is 9.75. The van der Waals surface area contributed by atoms with Crippen LogP contribution in [0, 0.1) is 13.8 Å². The Bertz CT molecular complexity index is 925. The van der Waals surface area contributed by atoms with E-state index >= 15 is 0 Å². The standard InChI is InChI=1S/C24H27ClO4/c1-14(2)28-23-17(6)22(24(27)29-15(3)4)16(5)13-19(23)9-12-21(26)18-7-10-20(25)11-8-18/h7-15H,1-6H3/b12-9+. The first-order valence-corrected chi connectivity index (χ1v) is 9.97. The highest BCUT2D eigenvalue weighted by atomic mass is 35.5. The van der Waals surface area contributed by atoms with E-state index < -0.39 is 0 Å². The summed E-state index contributed by atoms with van der Waals surface area (Å²) in [6, 6.07) is 8.57. The number of hydrogen-bond donors (Lipinski definition) is 0. The van der Waals surface area contributed by atoms with E-state index in [2.05, 4.69) is 0 Å². The number of ketones is 1. The third-order valence-electron chi connectivity index (χ3n) is 4.19. The number of esters is 1. The highest BCUT2D eigenvalue weighted by molar-refractivity contribution is 6.30. The number of ether oxygens (including phenoxy) is 2. The fourth-order valence-electron chi connectivity index (χ4n) is 2.98. The van der Waals surface area contributed by atoms with Crippen LogP contribution in [-0.4, -0.2) is 24.0 Å². The van der Waals surface area contributed by atoms with Crippen molar-refractivity contribution < 1.29 is 19.1 Å². The molecule has 0 heterocycles. The molecule has 0 bridgehead atoms. The molecule has 154 valence electrons. The molecule has 0 aliphatic rings. The second-order valence-corrected chi connectivity index (χ2v) is 7.87. The lowest BCUT2D eigenvalue weighted by atomic mass is 9.96. The third kappa shape index (κ3) is 5.94. The van der Waals surface area contributed by atoms with Crippen molar-refractivity contribution in [1.29, 1.82) is 0 Å². The van der Waals surface area contributed by atoms with E-state index in [0.717, 1.165) is 11.1 Å². The summed E-state index contributed by atoms with van der Waals surface area (Å²) in [5.74, 6) is 0.0496. The van der Waals surface area contributed by atoms with Gasteiger partial charge in [0.25, 0.3) is 0 Å². The van der Waals surface area contributed by atoms with E-state index in [4.69, 9.17) is 21.1 Å². The zero-order valence-corrected chi connectivity index (χ0v) is 18.5. The quantitative estimate of drug-likeness (QED) is 0.307. The van der Waals surface area contributed by atoms with Gasteiger partial charge in [-0.2, -0.15) is 0 Å². The first-order chi connectivity index (χ1) is 13.6. The Balaban J connectivity index is 2.46. The van der Waals surface area contributed by atoms with Crippen LogP contribution in [0.4, 0.5) is 0 Å². The number of rotatable bonds is 7. The van der Waals surface area contributed by atoms with Gasteiger partial charge in [0, 0.05) is 21.7 Å². The van der Waals surface area contributed by atoms with Crippen molar-refractivity contribution in [2.45, 2.75) is 53.8 Å². The molecule has 0 saturated heterocycles. The van der Waals surface area contributed by atoms with Crippen LogP contribution >= 0.6 is 11.6 Å². The van der Waals surface area contributed by atoms with Crippen molar-refractivity contribution in [1.82, 2.24) is 0 Å². The van der Waals surface area contributed by atoms with Gasteiger partial charge in [-0.3, -0.25) is 4.79 Å². The van der Waals surface area contributed by atoms with Crippen molar-refractivity contribution in [3.8, 4) is 5.75 Å². The lowest BCUT2D eigenvalue weighted by Gasteiger charge is -2.20. The van der Waals surface area contributed by atoms with Crippen molar-refractivity contribution in [2.24, 2.45) is 0 Å². The average molecular weight is 415 g/mol. The van der Waals surface area contributed by atoms with Crippen molar-refractivity contribution in [3.05, 3.63) is 69.2 Å². The van der Waals surface area contributed by atoms with Crippen LogP contribution in [0.3, 0.4) is 0 Å². The number of aryl methyl sites for hydroxylation is 1. The molecule has 0 aromatic heterocycles. The van der Waals surface area contributed by atoms with Gasteiger partial charge in [-0.05, 0) is 89.6 Å². The summed E-state index contributed by atoms with van der Waals surface area (Å²) in [6.45, 7) is 11.1. The number of carbonyl (C=O) groups is 2. The van der Waals surface area contributed by atoms with Gasteiger partial charge in [-0.1, -0.05) is 11.6 Å². The minimum Gasteiger partial charge on any atom is -0.490 e. The van der Waals surface area contributed by atoms with E-state index in [1.54, 1.807) is 30.3 Å². The fraction of sp³-hybridized carbons (Fsp3) is 0.333. The van der Waals surface area contributed by atoms with E-state index in [1.807, 2.05) is 47.6 Å². The molecule has 0 amide bonds. The van der Waals surface area contributed by atoms with Crippen LogP contribution in [0.2, 0.25) is 5.02 Å². The summed E-state index contributed by atoms with van der Waals surface area (Å²) in [7, 11) is 0. The molecule has 0 unspecified atom stereocenters. The maximum Gasteiger partial charge on any atom is 0.339 e. The summed E-state index contributed by atoms with van der Waals surface area (Å²) in [5, 5.41) is 0.577. The summed E-state index contributed by atoms with van der Waals surface area (Å²) in [4.78, 5) is 25.0. The van der Waals surface area contributed by atoms with Crippen LogP contribution in [-0.2, 0) is 4.74 Å². The molecule has 29 heavy (non-hydrogen) atoms. The Labute approximate surface area is 177 Å². The minimum absolute atomic E-state index is 0.0931. The zero-order chi connectivity index (χ0) is 21.7. The van der Waals surface area contributed by atoms with Gasteiger partial charge in [-0.25, -0.2) is 4.79 Å². The SMILES string of the molecule is Cc1cc(/C=C/C(=O)c2ccc(Cl)cc2)c(OC(C)C)c(C)c1C(=O)OC(C)C. The van der Waals surface area contributed by atoms with Crippen molar-refractivity contribution in [2.75, 3.05) is 0 Å². The number of hydrogen-bond acceptors (Lipinski definition) is 4. The molecule has 0 saturated carbocycles. The van der Waals surface area contributed by atoms with Gasteiger partial charge in [0.1, 0.15) is 5.75 Å². The number of allylic oxidation sites excluding steroid dienone is 1. The Morgan fingerprint density at radius 2 is 1.62 bits per heavy atom. The molecule has 0 N–H and O–H groups in total. The monoisotopic (exact) mass is 414 g/mol. The number of halogens is 1. The van der Waals surface area contributed by atoms with Gasteiger partial charge in [0.2, 0.25) is 0 Å². The first kappa shape index (κ1) is 22.7. The molecule has 0 aliphatic carbocycles.